The number of benzene rings is 1. The Morgan fingerprint density at radius 3 is 2.89 bits per heavy atom. The SMILES string of the molecule is N[C@H](CN1CCN/C1=C\[N+](=O)[O-])c1ccccc1. The van der Waals surface area contributed by atoms with E-state index in [0.717, 1.165) is 18.3 Å². The van der Waals surface area contributed by atoms with Crippen LogP contribution in [0.15, 0.2) is 42.4 Å². The van der Waals surface area contributed by atoms with Gasteiger partial charge < -0.3 is 16.0 Å². The fourth-order valence-corrected chi connectivity index (χ4v) is 2.01. The fourth-order valence-electron chi connectivity index (χ4n) is 2.01. The van der Waals surface area contributed by atoms with E-state index in [-0.39, 0.29) is 6.04 Å². The van der Waals surface area contributed by atoms with Gasteiger partial charge in [0.05, 0.1) is 4.92 Å². The molecule has 3 N–H and O–H groups in total. The third kappa shape index (κ3) is 2.98. The molecule has 6 nitrogen and oxygen atoms in total. The molecule has 96 valence electrons. The van der Waals surface area contributed by atoms with Crippen LogP contribution in [0.2, 0.25) is 0 Å². The number of nitro groups is 1. The van der Waals surface area contributed by atoms with Crippen molar-refractivity contribution in [1.82, 2.24) is 10.2 Å². The number of nitrogens with two attached hydrogens (primary N) is 1. The Kier molecular flexibility index (Phi) is 3.78. The summed E-state index contributed by atoms with van der Waals surface area (Å²) in [6.07, 6.45) is 0.991. The van der Waals surface area contributed by atoms with Crippen LogP contribution in [0.25, 0.3) is 0 Å². The van der Waals surface area contributed by atoms with E-state index < -0.39 is 4.92 Å². The van der Waals surface area contributed by atoms with Crippen LogP contribution in [0, 0.1) is 10.1 Å². The van der Waals surface area contributed by atoms with Crippen LogP contribution in [0.5, 0.6) is 0 Å². The minimum absolute atomic E-state index is 0.152. The van der Waals surface area contributed by atoms with Crippen LogP contribution in [-0.2, 0) is 0 Å². The predicted octanol–water partition coefficient (Wildman–Crippen LogP) is 0.667. The lowest BCUT2D eigenvalue weighted by molar-refractivity contribution is -0.404. The molecule has 1 aromatic carbocycles. The molecule has 6 heteroatoms. The monoisotopic (exact) mass is 248 g/mol. The van der Waals surface area contributed by atoms with E-state index in [4.69, 9.17) is 5.73 Å². The Labute approximate surface area is 105 Å². The van der Waals surface area contributed by atoms with Gasteiger partial charge in [-0.1, -0.05) is 30.3 Å². The summed E-state index contributed by atoms with van der Waals surface area (Å²) in [5.74, 6) is 0.534. The van der Waals surface area contributed by atoms with Crippen LogP contribution in [0.4, 0.5) is 0 Å². The van der Waals surface area contributed by atoms with Gasteiger partial charge in [0.25, 0.3) is 6.20 Å². The summed E-state index contributed by atoms with van der Waals surface area (Å²) in [6.45, 7) is 2.01. The Balaban J connectivity index is 2.03. The normalized spacial score (nSPS) is 18.7. The first kappa shape index (κ1) is 12.4. The van der Waals surface area contributed by atoms with E-state index in [1.54, 1.807) is 0 Å². The Morgan fingerprint density at radius 2 is 2.22 bits per heavy atom. The minimum atomic E-state index is -0.450. The summed E-state index contributed by atoms with van der Waals surface area (Å²) in [4.78, 5) is 11.9. The highest BCUT2D eigenvalue weighted by atomic mass is 16.6. The fraction of sp³-hybridized carbons (Fsp3) is 0.333. The van der Waals surface area contributed by atoms with Crippen LogP contribution >= 0.6 is 0 Å². The second kappa shape index (κ2) is 5.50. The van der Waals surface area contributed by atoms with Crippen molar-refractivity contribution in [1.29, 1.82) is 0 Å². The maximum Gasteiger partial charge on any atom is 0.274 e. The van der Waals surface area contributed by atoms with Gasteiger partial charge in [-0.25, -0.2) is 0 Å². The summed E-state index contributed by atoms with van der Waals surface area (Å²) in [5, 5.41) is 13.5. The molecule has 0 unspecified atom stereocenters. The van der Waals surface area contributed by atoms with Crippen molar-refractivity contribution in [2.24, 2.45) is 5.73 Å². The molecule has 2 rings (SSSR count). The molecular formula is C12H16N4O2. The molecular weight excluding hydrogens is 232 g/mol. The summed E-state index contributed by atoms with van der Waals surface area (Å²) in [6, 6.07) is 9.58. The van der Waals surface area contributed by atoms with E-state index in [1.165, 1.54) is 0 Å². The molecule has 0 radical (unpaired) electrons. The van der Waals surface area contributed by atoms with Crippen molar-refractivity contribution in [3.8, 4) is 0 Å². The van der Waals surface area contributed by atoms with Crippen molar-refractivity contribution in [3.05, 3.63) is 58.0 Å². The molecule has 1 aliphatic heterocycles. The molecule has 1 saturated heterocycles. The first-order valence-corrected chi connectivity index (χ1v) is 5.81. The van der Waals surface area contributed by atoms with Gasteiger partial charge in [0.1, 0.15) is 0 Å². The van der Waals surface area contributed by atoms with Crippen LogP contribution in [-0.4, -0.2) is 29.5 Å². The number of nitrogens with zero attached hydrogens (tertiary/aromatic N) is 2. The number of nitrogens with one attached hydrogen (secondary N) is 1. The predicted molar refractivity (Wildman–Crippen MR) is 68.0 cm³/mol. The summed E-state index contributed by atoms with van der Waals surface area (Å²) in [7, 11) is 0. The van der Waals surface area contributed by atoms with Gasteiger partial charge in [0.2, 0.25) is 0 Å². The van der Waals surface area contributed by atoms with Crippen molar-refractivity contribution >= 4 is 0 Å². The average Bonchev–Trinajstić information content (AvgIpc) is 2.77. The molecule has 0 bridgehead atoms. The van der Waals surface area contributed by atoms with Gasteiger partial charge in [-0.05, 0) is 5.56 Å². The van der Waals surface area contributed by atoms with E-state index in [9.17, 15) is 10.1 Å². The Hall–Kier alpha value is -2.08. The van der Waals surface area contributed by atoms with Crippen LogP contribution in [0.3, 0.4) is 0 Å². The first-order chi connectivity index (χ1) is 8.66. The van der Waals surface area contributed by atoms with Gasteiger partial charge in [0, 0.05) is 25.7 Å². The van der Waals surface area contributed by atoms with E-state index in [1.807, 2.05) is 35.2 Å². The Morgan fingerprint density at radius 1 is 1.50 bits per heavy atom. The summed E-state index contributed by atoms with van der Waals surface area (Å²) < 4.78 is 0. The van der Waals surface area contributed by atoms with Gasteiger partial charge >= 0.3 is 0 Å². The van der Waals surface area contributed by atoms with Crippen molar-refractivity contribution in [2.75, 3.05) is 19.6 Å². The largest absolute Gasteiger partial charge is 0.365 e. The quantitative estimate of drug-likeness (QED) is 0.604. The van der Waals surface area contributed by atoms with Gasteiger partial charge in [-0.3, -0.25) is 10.1 Å². The molecule has 0 aromatic heterocycles. The highest BCUT2D eigenvalue weighted by Crippen LogP contribution is 2.15. The first-order valence-electron chi connectivity index (χ1n) is 5.81. The van der Waals surface area contributed by atoms with Gasteiger partial charge in [-0.2, -0.15) is 0 Å². The lowest BCUT2D eigenvalue weighted by Gasteiger charge is -2.22. The van der Waals surface area contributed by atoms with Crippen molar-refractivity contribution in [2.45, 2.75) is 6.04 Å². The molecule has 0 aliphatic carbocycles. The third-order valence-electron chi connectivity index (χ3n) is 2.90. The second-order valence-corrected chi connectivity index (χ2v) is 4.19. The maximum absolute atomic E-state index is 10.5. The molecule has 1 aromatic rings. The summed E-state index contributed by atoms with van der Waals surface area (Å²) in [5.41, 5.74) is 7.13. The molecule has 1 atom stereocenters. The molecule has 1 fully saturated rings. The smallest absolute Gasteiger partial charge is 0.274 e. The number of hydrogen-bond donors (Lipinski definition) is 2. The highest BCUT2D eigenvalue weighted by molar-refractivity contribution is 5.19. The highest BCUT2D eigenvalue weighted by Gasteiger charge is 2.21. The second-order valence-electron chi connectivity index (χ2n) is 4.19. The molecule has 1 heterocycles. The summed E-state index contributed by atoms with van der Waals surface area (Å²) >= 11 is 0. The molecule has 0 spiro atoms. The maximum atomic E-state index is 10.5. The van der Waals surface area contributed by atoms with Crippen molar-refractivity contribution < 1.29 is 4.92 Å². The minimum Gasteiger partial charge on any atom is -0.365 e. The van der Waals surface area contributed by atoms with Crippen molar-refractivity contribution in [3.63, 3.8) is 0 Å². The number of rotatable bonds is 4. The van der Waals surface area contributed by atoms with E-state index in [2.05, 4.69) is 5.32 Å². The molecule has 1 aliphatic rings. The molecule has 0 saturated carbocycles. The topological polar surface area (TPSA) is 84.4 Å². The zero-order chi connectivity index (χ0) is 13.0. The zero-order valence-electron chi connectivity index (χ0n) is 9.95. The average molecular weight is 248 g/mol. The Bertz CT molecular complexity index is 447. The number of hydrogen-bond acceptors (Lipinski definition) is 5. The van der Waals surface area contributed by atoms with Gasteiger partial charge in [0.15, 0.2) is 5.82 Å². The third-order valence-corrected chi connectivity index (χ3v) is 2.90. The zero-order valence-corrected chi connectivity index (χ0v) is 9.95. The lowest BCUT2D eigenvalue weighted by atomic mass is 10.1. The van der Waals surface area contributed by atoms with Crippen LogP contribution in [0.1, 0.15) is 11.6 Å². The van der Waals surface area contributed by atoms with E-state index in [0.29, 0.717) is 18.9 Å². The standard InChI is InChI=1S/C12H16N4O2/c13-11(10-4-2-1-3-5-10)8-15-7-6-14-12(15)9-16(17)18/h1-5,9,11,14H,6-8,13H2/b12-9+/t11-/m1/s1. The van der Waals surface area contributed by atoms with Gasteiger partial charge in [-0.15, -0.1) is 0 Å². The molecule has 0 amide bonds. The molecule has 18 heavy (non-hydrogen) atoms. The van der Waals surface area contributed by atoms with E-state index >= 15 is 0 Å². The van der Waals surface area contributed by atoms with Crippen LogP contribution < -0.4 is 11.1 Å². The lowest BCUT2D eigenvalue weighted by Crippen LogP contribution is -2.30.